The molecule has 0 aliphatic carbocycles. The van der Waals surface area contributed by atoms with Crippen LogP contribution in [0.25, 0.3) is 10.9 Å². The van der Waals surface area contributed by atoms with Gasteiger partial charge in [0.1, 0.15) is 12.7 Å². The molecule has 0 radical (unpaired) electrons. The first kappa shape index (κ1) is 19.3. The van der Waals surface area contributed by atoms with Crippen LogP contribution in [0.2, 0.25) is 0 Å². The van der Waals surface area contributed by atoms with Gasteiger partial charge in [0.15, 0.2) is 16.7 Å². The van der Waals surface area contributed by atoms with Crippen molar-refractivity contribution < 1.29 is 14.3 Å². The number of benzene rings is 2. The van der Waals surface area contributed by atoms with Gasteiger partial charge in [-0.2, -0.15) is 0 Å². The molecule has 1 atom stereocenters. The number of para-hydroxylation sites is 3. The van der Waals surface area contributed by atoms with Gasteiger partial charge in [-0.15, -0.1) is 0 Å². The van der Waals surface area contributed by atoms with Crippen LogP contribution in [0.4, 0.5) is 0 Å². The van der Waals surface area contributed by atoms with Crippen molar-refractivity contribution in [2.45, 2.75) is 24.7 Å². The molecule has 0 saturated heterocycles. The molecule has 0 saturated carbocycles. The van der Waals surface area contributed by atoms with E-state index in [1.54, 1.807) is 16.7 Å². The lowest BCUT2D eigenvalue weighted by molar-refractivity contribution is -0.119. The average Bonchev–Trinajstić information content (AvgIpc) is 2.76. The Labute approximate surface area is 172 Å². The van der Waals surface area contributed by atoms with Gasteiger partial charge in [0.05, 0.1) is 23.2 Å². The molecule has 1 aliphatic heterocycles. The van der Waals surface area contributed by atoms with Crippen molar-refractivity contribution in [2.24, 2.45) is 0 Å². The molecule has 0 spiro atoms. The summed E-state index contributed by atoms with van der Waals surface area (Å²) in [6.45, 7) is 3.11. The van der Waals surface area contributed by atoms with Crippen LogP contribution in [0.5, 0.6) is 11.5 Å². The zero-order valence-corrected chi connectivity index (χ0v) is 16.8. The second kappa shape index (κ2) is 8.57. The third kappa shape index (κ3) is 4.22. The maximum atomic E-state index is 12.6. The fraction of sp³-hybridized carbons (Fsp3) is 0.286. The van der Waals surface area contributed by atoms with E-state index >= 15 is 0 Å². The summed E-state index contributed by atoms with van der Waals surface area (Å²) in [6.07, 6.45) is -0.244. The van der Waals surface area contributed by atoms with Gasteiger partial charge >= 0.3 is 0 Å². The number of nitrogens with one attached hydrogen (secondary N) is 1. The maximum Gasteiger partial charge on any atom is 0.262 e. The van der Waals surface area contributed by atoms with Gasteiger partial charge in [0.2, 0.25) is 5.91 Å². The standard InChI is InChI=1S/C21H21N3O4S/c1-2-24-20(26)15-7-3-4-8-16(15)23-21(24)29-13-19(25)22-11-14-12-27-17-9-5-6-10-18(17)28-14/h3-10,14H,2,11-13H2,1H3,(H,22,25)/t14-/m0/s1. The van der Waals surface area contributed by atoms with E-state index in [0.29, 0.717) is 47.3 Å². The predicted molar refractivity (Wildman–Crippen MR) is 112 cm³/mol. The van der Waals surface area contributed by atoms with Crippen LogP contribution in [0.1, 0.15) is 6.92 Å². The quantitative estimate of drug-likeness (QED) is 0.496. The Morgan fingerprint density at radius 1 is 1.21 bits per heavy atom. The number of thioether (sulfide) groups is 1. The number of nitrogens with zero attached hydrogens (tertiary/aromatic N) is 2. The van der Waals surface area contributed by atoms with Crippen molar-refractivity contribution in [3.05, 3.63) is 58.9 Å². The molecule has 8 heteroatoms. The minimum absolute atomic E-state index is 0.0903. The topological polar surface area (TPSA) is 82.5 Å². The summed E-state index contributed by atoms with van der Waals surface area (Å²) < 4.78 is 13.1. The van der Waals surface area contributed by atoms with Gasteiger partial charge in [0, 0.05) is 6.54 Å². The van der Waals surface area contributed by atoms with Crippen LogP contribution < -0.4 is 20.3 Å². The van der Waals surface area contributed by atoms with Crippen molar-refractivity contribution in [1.82, 2.24) is 14.9 Å². The molecule has 2 aromatic carbocycles. The van der Waals surface area contributed by atoms with Crippen molar-refractivity contribution in [3.63, 3.8) is 0 Å². The summed E-state index contributed by atoms with van der Waals surface area (Å²) in [6, 6.07) is 14.7. The number of rotatable bonds is 6. The van der Waals surface area contributed by atoms with Crippen molar-refractivity contribution in [1.29, 1.82) is 0 Å². The highest BCUT2D eigenvalue weighted by molar-refractivity contribution is 7.99. The highest BCUT2D eigenvalue weighted by Crippen LogP contribution is 2.30. The molecule has 1 aromatic heterocycles. The number of amides is 1. The van der Waals surface area contributed by atoms with Crippen LogP contribution in [-0.4, -0.2) is 40.5 Å². The third-order valence-corrected chi connectivity index (χ3v) is 5.55. The van der Waals surface area contributed by atoms with E-state index in [-0.39, 0.29) is 23.3 Å². The Bertz CT molecular complexity index is 1100. The summed E-state index contributed by atoms with van der Waals surface area (Å²) in [4.78, 5) is 29.5. The zero-order chi connectivity index (χ0) is 20.2. The molecule has 1 amide bonds. The first-order chi connectivity index (χ1) is 14.2. The lowest BCUT2D eigenvalue weighted by Gasteiger charge is -2.26. The van der Waals surface area contributed by atoms with Gasteiger partial charge in [0.25, 0.3) is 5.56 Å². The number of ether oxygens (including phenoxy) is 2. The molecule has 1 N–H and O–H groups in total. The smallest absolute Gasteiger partial charge is 0.262 e. The molecule has 7 nitrogen and oxygen atoms in total. The average molecular weight is 411 g/mol. The van der Waals surface area contributed by atoms with Crippen LogP contribution in [0, 0.1) is 0 Å². The summed E-state index contributed by atoms with van der Waals surface area (Å²) in [5, 5.41) is 3.98. The van der Waals surface area contributed by atoms with E-state index in [9.17, 15) is 9.59 Å². The largest absolute Gasteiger partial charge is 0.486 e. The lowest BCUT2D eigenvalue weighted by Crippen LogP contribution is -2.41. The van der Waals surface area contributed by atoms with E-state index in [1.165, 1.54) is 11.8 Å². The van der Waals surface area contributed by atoms with Crippen LogP contribution >= 0.6 is 11.8 Å². The minimum Gasteiger partial charge on any atom is -0.486 e. The van der Waals surface area contributed by atoms with Crippen molar-refractivity contribution in [2.75, 3.05) is 18.9 Å². The molecule has 150 valence electrons. The molecule has 29 heavy (non-hydrogen) atoms. The molecule has 0 unspecified atom stereocenters. The summed E-state index contributed by atoms with van der Waals surface area (Å²) in [5.41, 5.74) is 0.545. The highest BCUT2D eigenvalue weighted by atomic mass is 32.2. The van der Waals surface area contributed by atoms with Gasteiger partial charge in [-0.1, -0.05) is 36.0 Å². The van der Waals surface area contributed by atoms with E-state index in [2.05, 4.69) is 10.3 Å². The molecule has 2 heterocycles. The summed E-state index contributed by atoms with van der Waals surface area (Å²) >= 11 is 1.25. The van der Waals surface area contributed by atoms with E-state index in [1.807, 2.05) is 43.3 Å². The number of aromatic nitrogens is 2. The van der Waals surface area contributed by atoms with E-state index in [0.717, 1.165) is 0 Å². The SMILES string of the molecule is CCn1c(SCC(=O)NC[C@H]2COc3ccccc3O2)nc2ccccc2c1=O. The maximum absolute atomic E-state index is 12.6. The highest BCUT2D eigenvalue weighted by Gasteiger charge is 2.21. The zero-order valence-electron chi connectivity index (χ0n) is 16.0. The predicted octanol–water partition coefficient (Wildman–Crippen LogP) is 2.46. The van der Waals surface area contributed by atoms with Gasteiger partial charge in [-0.25, -0.2) is 4.98 Å². The van der Waals surface area contributed by atoms with Crippen LogP contribution in [-0.2, 0) is 11.3 Å². The molecule has 4 rings (SSSR count). The first-order valence-electron chi connectivity index (χ1n) is 9.43. The normalized spacial score (nSPS) is 15.3. The second-order valence-corrected chi connectivity index (χ2v) is 7.49. The Balaban J connectivity index is 1.36. The molecular weight excluding hydrogens is 390 g/mol. The summed E-state index contributed by atoms with van der Waals surface area (Å²) in [5.74, 6) is 1.40. The Morgan fingerprint density at radius 2 is 1.97 bits per heavy atom. The molecular formula is C21H21N3O4S. The molecule has 3 aromatic rings. The number of carbonyl (C=O) groups is 1. The second-order valence-electron chi connectivity index (χ2n) is 6.55. The number of hydrogen-bond donors (Lipinski definition) is 1. The Hall–Kier alpha value is -3.00. The number of carbonyl (C=O) groups excluding carboxylic acids is 1. The fourth-order valence-electron chi connectivity index (χ4n) is 3.11. The van der Waals surface area contributed by atoms with E-state index < -0.39 is 0 Å². The number of hydrogen-bond acceptors (Lipinski definition) is 6. The Morgan fingerprint density at radius 3 is 2.79 bits per heavy atom. The molecule has 1 aliphatic rings. The summed E-state index contributed by atoms with van der Waals surface area (Å²) in [7, 11) is 0. The van der Waals surface area contributed by atoms with Gasteiger partial charge in [-0.3, -0.25) is 14.2 Å². The Kier molecular flexibility index (Phi) is 5.71. The van der Waals surface area contributed by atoms with Gasteiger partial charge in [-0.05, 0) is 31.2 Å². The van der Waals surface area contributed by atoms with Crippen LogP contribution in [0.3, 0.4) is 0 Å². The molecule has 0 fully saturated rings. The van der Waals surface area contributed by atoms with Crippen molar-refractivity contribution in [3.8, 4) is 11.5 Å². The third-order valence-electron chi connectivity index (χ3n) is 4.57. The first-order valence-corrected chi connectivity index (χ1v) is 10.4. The lowest BCUT2D eigenvalue weighted by atomic mass is 10.2. The minimum atomic E-state index is -0.244. The monoisotopic (exact) mass is 411 g/mol. The molecule has 0 bridgehead atoms. The van der Waals surface area contributed by atoms with Gasteiger partial charge < -0.3 is 14.8 Å². The fourth-order valence-corrected chi connectivity index (χ4v) is 4.00. The van der Waals surface area contributed by atoms with Crippen LogP contribution in [0.15, 0.2) is 58.5 Å². The van der Waals surface area contributed by atoms with E-state index in [4.69, 9.17) is 9.47 Å². The number of fused-ring (bicyclic) bond motifs is 2. The van der Waals surface area contributed by atoms with Crippen molar-refractivity contribution >= 4 is 28.6 Å².